The summed E-state index contributed by atoms with van der Waals surface area (Å²) in [6, 6.07) is 9.69. The molecule has 0 radical (unpaired) electrons. The van der Waals surface area contributed by atoms with Gasteiger partial charge >= 0.3 is 5.69 Å². The Morgan fingerprint density at radius 2 is 1.79 bits per heavy atom. The van der Waals surface area contributed by atoms with Crippen molar-refractivity contribution in [3.8, 4) is 0 Å². The lowest BCUT2D eigenvalue weighted by atomic mass is 10.1. The standard InChI is InChI=1S/C14H13FN2O2/c1-9-6-10(2)8-11(7-9)16-13-5-3-4-12(15)14(13)17(18)19/h3-8,16H,1-2H3. The highest BCUT2D eigenvalue weighted by molar-refractivity contribution is 5.70. The van der Waals surface area contributed by atoms with E-state index in [1.54, 1.807) is 0 Å². The quantitative estimate of drug-likeness (QED) is 0.667. The van der Waals surface area contributed by atoms with Gasteiger partial charge in [0.1, 0.15) is 5.69 Å². The van der Waals surface area contributed by atoms with Crippen LogP contribution in [0, 0.1) is 29.8 Å². The molecule has 5 heteroatoms. The van der Waals surface area contributed by atoms with Crippen molar-refractivity contribution in [2.24, 2.45) is 0 Å². The third kappa shape index (κ3) is 2.88. The van der Waals surface area contributed by atoms with Gasteiger partial charge in [0.2, 0.25) is 5.82 Å². The molecule has 0 aliphatic carbocycles. The first-order valence-corrected chi connectivity index (χ1v) is 5.75. The average molecular weight is 260 g/mol. The molecule has 19 heavy (non-hydrogen) atoms. The van der Waals surface area contributed by atoms with E-state index in [1.807, 2.05) is 32.0 Å². The third-order valence-electron chi connectivity index (χ3n) is 2.67. The first-order valence-electron chi connectivity index (χ1n) is 5.75. The Morgan fingerprint density at radius 3 is 2.37 bits per heavy atom. The molecule has 2 rings (SSSR count). The van der Waals surface area contributed by atoms with Crippen LogP contribution in [-0.2, 0) is 0 Å². The van der Waals surface area contributed by atoms with E-state index in [-0.39, 0.29) is 5.69 Å². The summed E-state index contributed by atoms with van der Waals surface area (Å²) in [7, 11) is 0. The zero-order valence-electron chi connectivity index (χ0n) is 10.6. The van der Waals surface area contributed by atoms with Gasteiger partial charge in [-0.2, -0.15) is 4.39 Å². The van der Waals surface area contributed by atoms with E-state index in [1.165, 1.54) is 12.1 Å². The van der Waals surface area contributed by atoms with Crippen molar-refractivity contribution in [3.63, 3.8) is 0 Å². The van der Waals surface area contributed by atoms with Crippen molar-refractivity contribution in [3.05, 3.63) is 63.5 Å². The monoisotopic (exact) mass is 260 g/mol. The summed E-state index contributed by atoms with van der Waals surface area (Å²) in [5, 5.41) is 13.8. The maximum atomic E-state index is 13.5. The zero-order chi connectivity index (χ0) is 14.0. The molecule has 0 heterocycles. The van der Waals surface area contributed by atoms with Gasteiger partial charge in [0.25, 0.3) is 0 Å². The molecule has 0 amide bonds. The van der Waals surface area contributed by atoms with Gasteiger partial charge in [-0.15, -0.1) is 0 Å². The lowest BCUT2D eigenvalue weighted by Gasteiger charge is -2.09. The van der Waals surface area contributed by atoms with Gasteiger partial charge in [0.15, 0.2) is 0 Å². The Balaban J connectivity index is 2.43. The van der Waals surface area contributed by atoms with E-state index < -0.39 is 16.4 Å². The number of benzene rings is 2. The van der Waals surface area contributed by atoms with E-state index in [4.69, 9.17) is 0 Å². The van der Waals surface area contributed by atoms with Gasteiger partial charge < -0.3 is 5.32 Å². The second-order valence-electron chi connectivity index (χ2n) is 4.39. The summed E-state index contributed by atoms with van der Waals surface area (Å²) in [5.41, 5.74) is 2.37. The highest BCUT2D eigenvalue weighted by atomic mass is 19.1. The second kappa shape index (κ2) is 5.06. The van der Waals surface area contributed by atoms with E-state index in [9.17, 15) is 14.5 Å². The molecule has 2 aromatic carbocycles. The maximum absolute atomic E-state index is 13.5. The van der Waals surface area contributed by atoms with E-state index in [2.05, 4.69) is 5.32 Å². The number of nitrogens with one attached hydrogen (secondary N) is 1. The summed E-state index contributed by atoms with van der Waals surface area (Å²) in [5.74, 6) is -0.848. The van der Waals surface area contributed by atoms with Crippen LogP contribution >= 0.6 is 0 Å². The maximum Gasteiger partial charge on any atom is 0.327 e. The highest BCUT2D eigenvalue weighted by Gasteiger charge is 2.19. The number of para-hydroxylation sites is 1. The predicted molar refractivity (Wildman–Crippen MR) is 72.3 cm³/mol. The lowest BCUT2D eigenvalue weighted by molar-refractivity contribution is -0.386. The zero-order valence-corrected chi connectivity index (χ0v) is 10.6. The van der Waals surface area contributed by atoms with Gasteiger partial charge in [-0.3, -0.25) is 10.1 Å². The van der Waals surface area contributed by atoms with Crippen LogP contribution in [0.4, 0.5) is 21.5 Å². The minimum absolute atomic E-state index is 0.148. The van der Waals surface area contributed by atoms with Gasteiger partial charge in [-0.05, 0) is 49.2 Å². The van der Waals surface area contributed by atoms with Crippen molar-refractivity contribution >= 4 is 17.1 Å². The van der Waals surface area contributed by atoms with Crippen molar-refractivity contribution in [1.82, 2.24) is 0 Å². The first-order chi connectivity index (χ1) is 8.97. The van der Waals surface area contributed by atoms with Gasteiger partial charge in [0.05, 0.1) is 4.92 Å². The summed E-state index contributed by atoms with van der Waals surface area (Å²) in [6.07, 6.45) is 0. The molecule has 0 atom stereocenters. The fraction of sp³-hybridized carbons (Fsp3) is 0.143. The van der Waals surface area contributed by atoms with Crippen LogP contribution in [0.3, 0.4) is 0 Å². The van der Waals surface area contributed by atoms with Gasteiger partial charge in [-0.25, -0.2) is 0 Å². The average Bonchev–Trinajstić information content (AvgIpc) is 2.26. The molecule has 4 nitrogen and oxygen atoms in total. The summed E-state index contributed by atoms with van der Waals surface area (Å²) < 4.78 is 13.5. The van der Waals surface area contributed by atoms with Crippen LogP contribution in [0.1, 0.15) is 11.1 Å². The summed E-state index contributed by atoms with van der Waals surface area (Å²) in [4.78, 5) is 10.2. The third-order valence-corrected chi connectivity index (χ3v) is 2.67. The molecular weight excluding hydrogens is 247 g/mol. The minimum atomic E-state index is -0.848. The van der Waals surface area contributed by atoms with Crippen LogP contribution in [-0.4, -0.2) is 4.92 Å². The smallest absolute Gasteiger partial charge is 0.327 e. The molecule has 0 aromatic heterocycles. The number of nitrogens with zero attached hydrogens (tertiary/aromatic N) is 1. The van der Waals surface area contributed by atoms with Gasteiger partial charge in [0, 0.05) is 5.69 Å². The number of aryl methyl sites for hydroxylation is 2. The number of rotatable bonds is 3. The Morgan fingerprint density at radius 1 is 1.16 bits per heavy atom. The van der Waals surface area contributed by atoms with Gasteiger partial charge in [-0.1, -0.05) is 12.1 Å². The van der Waals surface area contributed by atoms with Crippen molar-refractivity contribution in [1.29, 1.82) is 0 Å². The molecule has 0 saturated carbocycles. The molecular formula is C14H13FN2O2. The van der Waals surface area contributed by atoms with E-state index in [0.717, 1.165) is 17.2 Å². The predicted octanol–water partition coefficient (Wildman–Crippen LogP) is 4.09. The molecule has 98 valence electrons. The van der Waals surface area contributed by atoms with Crippen molar-refractivity contribution in [2.45, 2.75) is 13.8 Å². The Kier molecular flexibility index (Phi) is 3.46. The van der Waals surface area contributed by atoms with E-state index >= 15 is 0 Å². The molecule has 1 N–H and O–H groups in total. The first kappa shape index (κ1) is 13.0. The van der Waals surface area contributed by atoms with Crippen LogP contribution in [0.2, 0.25) is 0 Å². The normalized spacial score (nSPS) is 10.3. The van der Waals surface area contributed by atoms with Crippen molar-refractivity contribution in [2.75, 3.05) is 5.32 Å². The van der Waals surface area contributed by atoms with Crippen LogP contribution in [0.15, 0.2) is 36.4 Å². The van der Waals surface area contributed by atoms with Crippen LogP contribution < -0.4 is 5.32 Å². The summed E-state index contributed by atoms with van der Waals surface area (Å²) in [6.45, 7) is 3.86. The second-order valence-corrected chi connectivity index (χ2v) is 4.39. The molecule has 0 aliphatic rings. The highest BCUT2D eigenvalue weighted by Crippen LogP contribution is 2.30. The number of nitro groups is 1. The Hall–Kier alpha value is -2.43. The fourth-order valence-electron chi connectivity index (χ4n) is 2.00. The largest absolute Gasteiger partial charge is 0.350 e. The molecule has 0 saturated heterocycles. The number of halogens is 1. The Labute approximate surface area is 110 Å². The Bertz CT molecular complexity index is 621. The van der Waals surface area contributed by atoms with Crippen LogP contribution in [0.25, 0.3) is 0 Å². The molecule has 0 bridgehead atoms. The topological polar surface area (TPSA) is 55.2 Å². The number of hydrogen-bond donors (Lipinski definition) is 1. The lowest BCUT2D eigenvalue weighted by Crippen LogP contribution is -2.00. The van der Waals surface area contributed by atoms with E-state index in [0.29, 0.717) is 5.69 Å². The number of hydrogen-bond acceptors (Lipinski definition) is 3. The molecule has 2 aromatic rings. The number of anilines is 2. The van der Waals surface area contributed by atoms with Crippen molar-refractivity contribution < 1.29 is 9.31 Å². The summed E-state index contributed by atoms with van der Waals surface area (Å²) >= 11 is 0. The molecule has 0 unspecified atom stereocenters. The number of nitro benzene ring substituents is 1. The molecule has 0 spiro atoms. The SMILES string of the molecule is Cc1cc(C)cc(Nc2cccc(F)c2[N+](=O)[O-])c1. The minimum Gasteiger partial charge on any atom is -0.350 e. The fourth-order valence-corrected chi connectivity index (χ4v) is 2.00. The molecule has 0 aliphatic heterocycles. The molecule has 0 fully saturated rings. The van der Waals surface area contributed by atoms with Crippen LogP contribution in [0.5, 0.6) is 0 Å².